The Bertz CT molecular complexity index is 449. The number of nitrogens with zero attached hydrogens (tertiary/aromatic N) is 1. The molecule has 7 nitrogen and oxygen atoms in total. The summed E-state index contributed by atoms with van der Waals surface area (Å²) in [6.45, 7) is 1.81. The van der Waals surface area contributed by atoms with E-state index in [9.17, 15) is 9.59 Å². The summed E-state index contributed by atoms with van der Waals surface area (Å²) in [5.74, 6) is -0.479. The van der Waals surface area contributed by atoms with Crippen LogP contribution in [0, 0.1) is 0 Å². The predicted molar refractivity (Wildman–Crippen MR) is 57.5 cm³/mol. The first-order valence-electron chi connectivity index (χ1n) is 5.02. The lowest BCUT2D eigenvalue weighted by Crippen LogP contribution is -2.50. The van der Waals surface area contributed by atoms with Crippen molar-refractivity contribution in [1.29, 1.82) is 0 Å². The Morgan fingerprint density at radius 1 is 1.41 bits per heavy atom. The van der Waals surface area contributed by atoms with Gasteiger partial charge < -0.3 is 10.2 Å². The first kappa shape index (κ1) is 11.2. The molecule has 0 saturated heterocycles. The zero-order valence-corrected chi connectivity index (χ0v) is 9.10. The highest BCUT2D eigenvalue weighted by Gasteiger charge is 2.27. The lowest BCUT2D eigenvalue weighted by Gasteiger charge is -2.27. The van der Waals surface area contributed by atoms with E-state index in [4.69, 9.17) is 0 Å². The summed E-state index contributed by atoms with van der Waals surface area (Å²) in [5, 5.41) is 0.681. The first-order valence-corrected chi connectivity index (χ1v) is 5.02. The van der Waals surface area contributed by atoms with E-state index in [-0.39, 0.29) is 6.61 Å². The SMILES string of the molecule is CCOC(=O)ON1NNc2ccccc2C1=O. The second-order valence-corrected chi connectivity index (χ2v) is 3.16. The van der Waals surface area contributed by atoms with Crippen molar-refractivity contribution in [3.63, 3.8) is 0 Å². The summed E-state index contributed by atoms with van der Waals surface area (Å²) in [6.07, 6.45) is -0.950. The van der Waals surface area contributed by atoms with Gasteiger partial charge in [0, 0.05) is 0 Å². The van der Waals surface area contributed by atoms with Crippen LogP contribution in [0.5, 0.6) is 0 Å². The van der Waals surface area contributed by atoms with E-state index in [0.717, 1.165) is 0 Å². The van der Waals surface area contributed by atoms with Gasteiger partial charge in [0.2, 0.25) is 0 Å². The van der Waals surface area contributed by atoms with Gasteiger partial charge in [-0.1, -0.05) is 17.3 Å². The van der Waals surface area contributed by atoms with Crippen LogP contribution >= 0.6 is 0 Å². The Balaban J connectivity index is 2.10. The summed E-state index contributed by atoms with van der Waals surface area (Å²) < 4.78 is 4.56. The maximum absolute atomic E-state index is 11.8. The van der Waals surface area contributed by atoms with E-state index in [1.807, 2.05) is 0 Å². The van der Waals surface area contributed by atoms with Gasteiger partial charge in [0.05, 0.1) is 17.9 Å². The number of hydroxylamine groups is 1. The third-order valence-electron chi connectivity index (χ3n) is 2.06. The molecule has 0 bridgehead atoms. The predicted octanol–water partition coefficient (Wildman–Crippen LogP) is 1.06. The van der Waals surface area contributed by atoms with Gasteiger partial charge in [-0.15, -0.1) is 5.53 Å². The van der Waals surface area contributed by atoms with E-state index in [1.165, 1.54) is 0 Å². The van der Waals surface area contributed by atoms with Crippen LogP contribution in [0.25, 0.3) is 0 Å². The molecule has 0 saturated carbocycles. The molecular formula is C10H11N3O4. The molecule has 0 spiro atoms. The molecule has 17 heavy (non-hydrogen) atoms. The fourth-order valence-corrected chi connectivity index (χ4v) is 1.33. The van der Waals surface area contributed by atoms with E-state index in [0.29, 0.717) is 16.4 Å². The van der Waals surface area contributed by atoms with Crippen molar-refractivity contribution in [2.24, 2.45) is 0 Å². The molecule has 1 amide bonds. The van der Waals surface area contributed by atoms with Crippen molar-refractivity contribution in [3.05, 3.63) is 29.8 Å². The molecule has 1 aliphatic heterocycles. The lowest BCUT2D eigenvalue weighted by molar-refractivity contribution is -0.125. The second kappa shape index (κ2) is 4.71. The average molecular weight is 237 g/mol. The molecule has 1 aliphatic rings. The Labute approximate surface area is 97.2 Å². The largest absolute Gasteiger partial charge is 0.534 e. The first-order chi connectivity index (χ1) is 8.22. The molecule has 1 heterocycles. The average Bonchev–Trinajstić information content (AvgIpc) is 2.33. The number of carbonyl (C=O) groups excluding carboxylic acids is 2. The van der Waals surface area contributed by atoms with Gasteiger partial charge >= 0.3 is 12.1 Å². The highest BCUT2D eigenvalue weighted by molar-refractivity contribution is 6.00. The number of nitrogens with one attached hydrogen (secondary N) is 2. The van der Waals surface area contributed by atoms with Gasteiger partial charge in [-0.3, -0.25) is 9.63 Å². The van der Waals surface area contributed by atoms with Gasteiger partial charge in [-0.25, -0.2) is 4.79 Å². The van der Waals surface area contributed by atoms with Crippen LogP contribution in [-0.2, 0) is 9.57 Å². The normalized spacial score (nSPS) is 13.7. The van der Waals surface area contributed by atoms with E-state index in [2.05, 4.69) is 20.5 Å². The van der Waals surface area contributed by atoms with Crippen molar-refractivity contribution in [2.45, 2.75) is 6.92 Å². The fourth-order valence-electron chi connectivity index (χ4n) is 1.33. The topological polar surface area (TPSA) is 79.9 Å². The highest BCUT2D eigenvalue weighted by atomic mass is 16.8. The number of para-hydroxylation sites is 1. The fraction of sp³-hybridized carbons (Fsp3) is 0.200. The summed E-state index contributed by atoms with van der Waals surface area (Å²) >= 11 is 0. The molecule has 0 unspecified atom stereocenters. The molecular weight excluding hydrogens is 226 g/mol. The van der Waals surface area contributed by atoms with Gasteiger partial charge in [0.1, 0.15) is 0 Å². The lowest BCUT2D eigenvalue weighted by atomic mass is 10.1. The zero-order valence-electron chi connectivity index (χ0n) is 9.10. The van der Waals surface area contributed by atoms with Gasteiger partial charge in [0.25, 0.3) is 0 Å². The van der Waals surface area contributed by atoms with Crippen LogP contribution in [0.3, 0.4) is 0 Å². The maximum Gasteiger partial charge on any atom is 0.534 e. The van der Waals surface area contributed by atoms with Crippen molar-refractivity contribution in [2.75, 3.05) is 12.0 Å². The number of carbonyl (C=O) groups is 2. The molecule has 1 aromatic carbocycles. The van der Waals surface area contributed by atoms with Gasteiger partial charge in [-0.2, -0.15) is 0 Å². The van der Waals surface area contributed by atoms with Crippen LogP contribution in [0.1, 0.15) is 17.3 Å². The Morgan fingerprint density at radius 3 is 2.94 bits per heavy atom. The number of benzene rings is 1. The number of ether oxygens (including phenoxy) is 1. The van der Waals surface area contributed by atoms with Crippen LogP contribution in [0.4, 0.5) is 10.5 Å². The minimum absolute atomic E-state index is 0.172. The molecule has 1 aromatic rings. The molecule has 90 valence electrons. The molecule has 0 radical (unpaired) electrons. The second-order valence-electron chi connectivity index (χ2n) is 3.16. The summed E-state index contributed by atoms with van der Waals surface area (Å²) in [6, 6.07) is 6.84. The molecule has 0 aromatic heterocycles. The molecule has 2 N–H and O–H groups in total. The Kier molecular flexibility index (Phi) is 3.10. The van der Waals surface area contributed by atoms with E-state index in [1.54, 1.807) is 31.2 Å². The third kappa shape index (κ3) is 2.28. The summed E-state index contributed by atoms with van der Waals surface area (Å²) in [7, 11) is 0. The highest BCUT2D eigenvalue weighted by Crippen LogP contribution is 2.19. The summed E-state index contributed by atoms with van der Waals surface area (Å²) in [4.78, 5) is 27.6. The number of anilines is 1. The molecule has 0 aliphatic carbocycles. The van der Waals surface area contributed by atoms with Gasteiger partial charge in [0.15, 0.2) is 0 Å². The van der Waals surface area contributed by atoms with Crippen LogP contribution < -0.4 is 11.0 Å². The molecule has 0 fully saturated rings. The number of rotatable bonds is 2. The van der Waals surface area contributed by atoms with Crippen molar-refractivity contribution in [3.8, 4) is 0 Å². The number of fused-ring (bicyclic) bond motifs is 1. The van der Waals surface area contributed by atoms with Crippen LogP contribution in [-0.4, -0.2) is 23.8 Å². The number of amides is 1. The van der Waals surface area contributed by atoms with E-state index < -0.39 is 12.1 Å². The van der Waals surface area contributed by atoms with Gasteiger partial charge in [-0.05, 0) is 19.1 Å². The smallest absolute Gasteiger partial charge is 0.433 e. The number of hydrogen-bond donors (Lipinski definition) is 2. The monoisotopic (exact) mass is 237 g/mol. The number of hydrogen-bond acceptors (Lipinski definition) is 6. The van der Waals surface area contributed by atoms with Crippen molar-refractivity contribution >= 4 is 17.7 Å². The molecule has 2 rings (SSSR count). The number of hydrazine groups is 2. The van der Waals surface area contributed by atoms with Crippen molar-refractivity contribution < 1.29 is 19.2 Å². The minimum Gasteiger partial charge on any atom is -0.433 e. The van der Waals surface area contributed by atoms with Crippen molar-refractivity contribution in [1.82, 2.24) is 10.7 Å². The third-order valence-corrected chi connectivity index (χ3v) is 2.06. The van der Waals surface area contributed by atoms with Crippen LogP contribution in [0.2, 0.25) is 0 Å². The van der Waals surface area contributed by atoms with E-state index >= 15 is 0 Å². The minimum atomic E-state index is -0.950. The Hall–Kier alpha value is -2.28. The summed E-state index contributed by atoms with van der Waals surface area (Å²) in [5.41, 5.74) is 6.15. The quantitative estimate of drug-likeness (QED) is 0.749. The maximum atomic E-state index is 11.8. The molecule has 0 atom stereocenters. The molecule has 7 heteroatoms. The zero-order chi connectivity index (χ0) is 12.3. The standard InChI is InChI=1S/C10H11N3O4/c1-2-16-10(15)17-13-9(14)7-5-3-4-6-8(7)11-12-13/h3-6,11-12H,2H2,1H3. The Morgan fingerprint density at radius 2 is 2.18 bits per heavy atom. The van der Waals surface area contributed by atoms with Crippen LogP contribution in [0.15, 0.2) is 24.3 Å².